The molecule has 0 aliphatic rings. The molecule has 1 aromatic carbocycles. The summed E-state index contributed by atoms with van der Waals surface area (Å²) < 4.78 is 0. The molecule has 0 unspecified atom stereocenters. The molecule has 7 heteroatoms. The predicted octanol–water partition coefficient (Wildman–Crippen LogP) is 1.16. The molecule has 1 heterocycles. The zero-order valence-corrected chi connectivity index (χ0v) is 7.39. The smallest absolute Gasteiger partial charge is 0.267 e. The van der Waals surface area contributed by atoms with Crippen molar-refractivity contribution in [1.29, 1.82) is 0 Å². The van der Waals surface area contributed by atoms with Crippen LogP contribution in [0.4, 0.5) is 5.69 Å². The van der Waals surface area contributed by atoms with Gasteiger partial charge in [-0.2, -0.15) is 0 Å². The zero-order valence-electron chi connectivity index (χ0n) is 7.39. The van der Waals surface area contributed by atoms with Crippen molar-refractivity contribution in [2.45, 2.75) is 0 Å². The first kappa shape index (κ1) is 9.04. The minimum atomic E-state index is -0.431. The van der Waals surface area contributed by atoms with E-state index in [9.17, 15) is 9.59 Å². The monoisotopic (exact) mass is 203 g/mol. The summed E-state index contributed by atoms with van der Waals surface area (Å²) >= 11 is 0. The van der Waals surface area contributed by atoms with Crippen LogP contribution in [-0.4, -0.2) is 10.2 Å². The lowest BCUT2D eigenvalue weighted by molar-refractivity contribution is 0.976. The fraction of sp³-hybridized carbons (Fsp3) is 0. The molecular weight excluding hydrogens is 198 g/mol. The van der Waals surface area contributed by atoms with Crippen LogP contribution in [0, 0.1) is 0 Å². The molecule has 2 N–H and O–H groups in total. The van der Waals surface area contributed by atoms with Gasteiger partial charge in [-0.1, -0.05) is 11.2 Å². The highest BCUT2D eigenvalue weighted by atomic mass is 16.1. The highest BCUT2D eigenvalue weighted by Gasteiger charge is 2.02. The molecule has 0 aliphatic carbocycles. The largest absolute Gasteiger partial charge is 0.270 e. The average molecular weight is 203 g/mol. The Morgan fingerprint density at radius 1 is 1.13 bits per heavy atom. The molecule has 0 fully saturated rings. The molecule has 2 rings (SSSR count). The predicted molar refractivity (Wildman–Crippen MR) is 54.0 cm³/mol. The van der Waals surface area contributed by atoms with E-state index in [0.717, 1.165) is 0 Å². The second-order valence-electron chi connectivity index (χ2n) is 2.83. The van der Waals surface area contributed by atoms with E-state index >= 15 is 0 Å². The number of azide groups is 1. The average Bonchev–Trinajstić information content (AvgIpc) is 2.24. The van der Waals surface area contributed by atoms with E-state index in [0.29, 0.717) is 5.69 Å². The first-order valence-corrected chi connectivity index (χ1v) is 4.02. The van der Waals surface area contributed by atoms with Crippen molar-refractivity contribution in [3.63, 3.8) is 0 Å². The summed E-state index contributed by atoms with van der Waals surface area (Å²) in [6.45, 7) is 0. The number of hydrogen-bond acceptors (Lipinski definition) is 3. The Kier molecular flexibility index (Phi) is 2.00. The number of nitrogens with zero attached hydrogens (tertiary/aromatic N) is 3. The summed E-state index contributed by atoms with van der Waals surface area (Å²) in [5, 5.41) is 8.18. The van der Waals surface area contributed by atoms with E-state index in [4.69, 9.17) is 5.53 Å². The Labute approximate surface area is 82.0 Å². The highest BCUT2D eigenvalue weighted by molar-refractivity contribution is 5.83. The van der Waals surface area contributed by atoms with Gasteiger partial charge in [-0.15, -0.1) is 0 Å². The summed E-state index contributed by atoms with van der Waals surface area (Å²) in [5.41, 5.74) is 7.69. The number of rotatable bonds is 1. The van der Waals surface area contributed by atoms with Crippen LogP contribution in [0.1, 0.15) is 0 Å². The van der Waals surface area contributed by atoms with Crippen LogP contribution in [-0.2, 0) is 0 Å². The minimum Gasteiger partial charge on any atom is -0.267 e. The second-order valence-corrected chi connectivity index (χ2v) is 2.83. The lowest BCUT2D eigenvalue weighted by Gasteiger charge is -1.96. The third-order valence-electron chi connectivity index (χ3n) is 1.94. The van der Waals surface area contributed by atoms with Crippen LogP contribution in [0.3, 0.4) is 0 Å². The number of H-pyrrole nitrogens is 2. The van der Waals surface area contributed by atoms with Crippen molar-refractivity contribution < 1.29 is 0 Å². The van der Waals surface area contributed by atoms with Gasteiger partial charge in [-0.3, -0.25) is 19.8 Å². The van der Waals surface area contributed by atoms with Gasteiger partial charge in [-0.05, 0) is 17.7 Å². The van der Waals surface area contributed by atoms with E-state index < -0.39 is 11.1 Å². The van der Waals surface area contributed by atoms with Crippen LogP contribution in [0.25, 0.3) is 21.2 Å². The molecule has 15 heavy (non-hydrogen) atoms. The maximum absolute atomic E-state index is 11.3. The molecule has 7 nitrogen and oxygen atoms in total. The fourth-order valence-corrected chi connectivity index (χ4v) is 1.28. The van der Waals surface area contributed by atoms with Crippen molar-refractivity contribution in [3.8, 4) is 0 Å². The molecule has 0 aliphatic heterocycles. The van der Waals surface area contributed by atoms with E-state index in [-0.39, 0.29) is 10.8 Å². The van der Waals surface area contributed by atoms with E-state index in [1.807, 2.05) is 0 Å². The molecule has 74 valence electrons. The first-order chi connectivity index (χ1) is 7.22. The molecule has 1 aromatic heterocycles. The summed E-state index contributed by atoms with van der Waals surface area (Å²) in [4.78, 5) is 25.2. The number of aromatic nitrogens is 2. The van der Waals surface area contributed by atoms with Gasteiger partial charge in [0.2, 0.25) is 0 Å². The molecule has 2 aromatic rings. The fourth-order valence-electron chi connectivity index (χ4n) is 1.28. The molecule has 0 saturated heterocycles. The number of nitrogens with one attached hydrogen (secondary N) is 2. The van der Waals surface area contributed by atoms with Gasteiger partial charge in [0.05, 0.1) is 10.8 Å². The van der Waals surface area contributed by atoms with E-state index in [1.54, 1.807) is 0 Å². The Morgan fingerprint density at radius 2 is 1.80 bits per heavy atom. The van der Waals surface area contributed by atoms with Crippen molar-refractivity contribution in [2.75, 3.05) is 0 Å². The quantitative estimate of drug-likeness (QED) is 0.411. The van der Waals surface area contributed by atoms with Gasteiger partial charge in [0.15, 0.2) is 0 Å². The first-order valence-electron chi connectivity index (χ1n) is 4.02. The van der Waals surface area contributed by atoms with Gasteiger partial charge in [0.1, 0.15) is 0 Å². The topological polar surface area (TPSA) is 114 Å². The number of aromatic amines is 2. The number of hydrogen-bond donors (Lipinski definition) is 2. The maximum atomic E-state index is 11.3. The lowest BCUT2D eigenvalue weighted by Crippen LogP contribution is -2.18. The van der Waals surface area contributed by atoms with Crippen LogP contribution >= 0.6 is 0 Å². The summed E-state index contributed by atoms with van der Waals surface area (Å²) in [6.07, 6.45) is 0. The lowest BCUT2D eigenvalue weighted by atomic mass is 10.2. The third-order valence-corrected chi connectivity index (χ3v) is 1.94. The Balaban J connectivity index is 2.93. The molecule has 0 bridgehead atoms. The van der Waals surface area contributed by atoms with E-state index in [2.05, 4.69) is 20.2 Å². The van der Waals surface area contributed by atoms with Gasteiger partial charge >= 0.3 is 0 Å². The molecule has 0 spiro atoms. The van der Waals surface area contributed by atoms with Crippen LogP contribution in [0.5, 0.6) is 0 Å². The normalized spacial score (nSPS) is 9.87. The van der Waals surface area contributed by atoms with Gasteiger partial charge in [0, 0.05) is 10.6 Å². The Morgan fingerprint density at radius 3 is 2.47 bits per heavy atom. The third kappa shape index (κ3) is 1.47. The second kappa shape index (κ2) is 3.32. The molecular formula is C8H5N5O2. The van der Waals surface area contributed by atoms with Gasteiger partial charge in [-0.25, -0.2) is 0 Å². The molecule has 0 saturated carbocycles. The van der Waals surface area contributed by atoms with Crippen molar-refractivity contribution in [3.05, 3.63) is 49.3 Å². The number of benzene rings is 1. The Hall–Kier alpha value is -2.53. The maximum Gasteiger partial charge on any atom is 0.270 e. The minimum absolute atomic E-state index is 0.198. The van der Waals surface area contributed by atoms with Crippen LogP contribution in [0.2, 0.25) is 0 Å². The number of fused-ring (bicyclic) bond motifs is 1. The van der Waals surface area contributed by atoms with Gasteiger partial charge < -0.3 is 0 Å². The molecule has 0 atom stereocenters. The van der Waals surface area contributed by atoms with E-state index in [1.165, 1.54) is 18.2 Å². The highest BCUT2D eigenvalue weighted by Crippen LogP contribution is 2.15. The molecule has 0 amide bonds. The summed E-state index contributed by atoms with van der Waals surface area (Å²) in [7, 11) is 0. The van der Waals surface area contributed by atoms with Crippen LogP contribution in [0.15, 0.2) is 32.9 Å². The van der Waals surface area contributed by atoms with Crippen molar-refractivity contribution >= 4 is 16.5 Å². The summed E-state index contributed by atoms with van der Waals surface area (Å²) in [5.74, 6) is 0. The Bertz CT molecular complexity index is 677. The molecule has 0 radical (unpaired) electrons. The standard InChI is InChI=1S/C8H5N5O2/c9-13-10-4-1-2-5-6(3-4)8(15)12-11-7(5)14/h1-3H,(H,11,14)(H,12,15). The SMILES string of the molecule is [N-]=[N+]=Nc1ccc2c(=O)[nH][nH]c(=O)c2c1. The van der Waals surface area contributed by atoms with Gasteiger partial charge in [0.25, 0.3) is 11.1 Å². The van der Waals surface area contributed by atoms with Crippen molar-refractivity contribution in [2.24, 2.45) is 5.11 Å². The van der Waals surface area contributed by atoms with Crippen molar-refractivity contribution in [1.82, 2.24) is 10.2 Å². The zero-order chi connectivity index (χ0) is 10.8. The summed E-state index contributed by atoms with van der Waals surface area (Å²) in [6, 6.07) is 4.27. The van der Waals surface area contributed by atoms with Crippen LogP contribution < -0.4 is 11.1 Å².